The number of benzene rings is 1. The van der Waals surface area contributed by atoms with Crippen molar-refractivity contribution in [3.63, 3.8) is 0 Å². The molecular weight excluding hydrogens is 334 g/mol. The summed E-state index contributed by atoms with van der Waals surface area (Å²) in [6, 6.07) is 3.95. The molecule has 1 aromatic rings. The molecular formula is C13H15BrClNO3. The second-order valence-electron chi connectivity index (χ2n) is 4.13. The number of amides is 1. The zero-order valence-corrected chi connectivity index (χ0v) is 12.8. The van der Waals surface area contributed by atoms with Crippen LogP contribution < -0.4 is 5.32 Å². The van der Waals surface area contributed by atoms with E-state index >= 15 is 0 Å². The fourth-order valence-corrected chi connectivity index (χ4v) is 2.33. The summed E-state index contributed by atoms with van der Waals surface area (Å²) in [5.41, 5.74) is 0.271. The van der Waals surface area contributed by atoms with Gasteiger partial charge in [0.1, 0.15) is 6.04 Å². The first-order valence-corrected chi connectivity index (χ1v) is 7.11. The maximum absolute atomic E-state index is 12.0. The number of carbonyl (C=O) groups excluding carboxylic acids is 1. The number of carboxylic acid groups (broad SMARTS) is 1. The van der Waals surface area contributed by atoms with E-state index in [4.69, 9.17) is 16.7 Å². The molecule has 0 aromatic heterocycles. The Hall–Kier alpha value is -1.07. The van der Waals surface area contributed by atoms with Crippen LogP contribution in [0.3, 0.4) is 0 Å². The van der Waals surface area contributed by atoms with Crippen LogP contribution in [0.4, 0.5) is 0 Å². The Morgan fingerprint density at radius 1 is 1.47 bits per heavy atom. The van der Waals surface area contributed by atoms with E-state index in [-0.39, 0.29) is 10.6 Å². The van der Waals surface area contributed by atoms with E-state index in [1.54, 1.807) is 18.2 Å². The molecule has 1 atom stereocenters. The van der Waals surface area contributed by atoms with Gasteiger partial charge >= 0.3 is 5.97 Å². The van der Waals surface area contributed by atoms with E-state index in [0.717, 1.165) is 17.3 Å². The van der Waals surface area contributed by atoms with Crippen LogP contribution in [0.25, 0.3) is 0 Å². The van der Waals surface area contributed by atoms with E-state index in [2.05, 4.69) is 21.2 Å². The molecule has 1 rings (SSSR count). The van der Waals surface area contributed by atoms with Gasteiger partial charge in [0.2, 0.25) is 0 Å². The maximum Gasteiger partial charge on any atom is 0.326 e. The van der Waals surface area contributed by atoms with Gasteiger partial charge in [0.15, 0.2) is 0 Å². The number of hydrogen-bond donors (Lipinski definition) is 2. The molecule has 0 saturated heterocycles. The number of halogens is 2. The van der Waals surface area contributed by atoms with Crippen LogP contribution in [-0.2, 0) is 4.79 Å². The van der Waals surface area contributed by atoms with Crippen LogP contribution in [-0.4, -0.2) is 23.0 Å². The van der Waals surface area contributed by atoms with Gasteiger partial charge in [0.25, 0.3) is 5.91 Å². The molecule has 0 bridgehead atoms. The van der Waals surface area contributed by atoms with E-state index < -0.39 is 17.9 Å². The van der Waals surface area contributed by atoms with Gasteiger partial charge in [0.05, 0.1) is 10.6 Å². The monoisotopic (exact) mass is 347 g/mol. The van der Waals surface area contributed by atoms with Gasteiger partial charge < -0.3 is 10.4 Å². The lowest BCUT2D eigenvalue weighted by Crippen LogP contribution is -2.40. The average molecular weight is 349 g/mol. The minimum absolute atomic E-state index is 0.271. The first kappa shape index (κ1) is 16.0. The van der Waals surface area contributed by atoms with Crippen molar-refractivity contribution in [1.29, 1.82) is 0 Å². The molecule has 2 N–H and O–H groups in total. The summed E-state index contributed by atoms with van der Waals surface area (Å²) in [5, 5.41) is 11.8. The van der Waals surface area contributed by atoms with Crippen molar-refractivity contribution in [2.24, 2.45) is 0 Å². The van der Waals surface area contributed by atoms with Crippen molar-refractivity contribution in [3.8, 4) is 0 Å². The Balaban J connectivity index is 2.78. The lowest BCUT2D eigenvalue weighted by molar-refractivity contribution is -0.139. The third-order valence-electron chi connectivity index (χ3n) is 2.63. The molecule has 104 valence electrons. The van der Waals surface area contributed by atoms with E-state index in [1.807, 2.05) is 6.92 Å². The molecule has 1 amide bonds. The highest BCUT2D eigenvalue weighted by atomic mass is 79.9. The fraction of sp³-hybridized carbons (Fsp3) is 0.385. The summed E-state index contributed by atoms with van der Waals surface area (Å²) < 4.78 is 0.759. The molecule has 6 heteroatoms. The molecule has 0 saturated carbocycles. The standard InChI is InChI=1S/C13H15BrClNO3/c1-2-3-4-11(13(18)19)16-12(17)9-6-5-8(14)7-10(9)15/h5-7,11H,2-4H2,1H3,(H,16,17)(H,18,19). The lowest BCUT2D eigenvalue weighted by Gasteiger charge is -2.14. The Morgan fingerprint density at radius 2 is 2.16 bits per heavy atom. The molecule has 4 nitrogen and oxygen atoms in total. The molecule has 0 aliphatic carbocycles. The van der Waals surface area contributed by atoms with Crippen LogP contribution in [0.1, 0.15) is 36.5 Å². The predicted octanol–water partition coefficient (Wildman–Crippen LogP) is 3.48. The minimum Gasteiger partial charge on any atom is -0.480 e. The van der Waals surface area contributed by atoms with Crippen LogP contribution in [0.5, 0.6) is 0 Å². The fourth-order valence-electron chi connectivity index (χ4n) is 1.58. The zero-order chi connectivity index (χ0) is 14.4. The van der Waals surface area contributed by atoms with Gasteiger partial charge in [-0.1, -0.05) is 47.3 Å². The highest BCUT2D eigenvalue weighted by Gasteiger charge is 2.21. The minimum atomic E-state index is -1.03. The summed E-state index contributed by atoms with van der Waals surface area (Å²) in [6.07, 6.45) is 2.02. The number of carbonyl (C=O) groups is 2. The third-order valence-corrected chi connectivity index (χ3v) is 3.43. The van der Waals surface area contributed by atoms with E-state index in [1.165, 1.54) is 0 Å². The predicted molar refractivity (Wildman–Crippen MR) is 77.6 cm³/mol. The molecule has 0 aliphatic rings. The van der Waals surface area contributed by atoms with Gasteiger partial charge in [-0.15, -0.1) is 0 Å². The van der Waals surface area contributed by atoms with Crippen molar-refractivity contribution in [1.82, 2.24) is 5.32 Å². The number of carboxylic acids is 1. The van der Waals surface area contributed by atoms with Gasteiger partial charge in [-0.05, 0) is 24.6 Å². The lowest BCUT2D eigenvalue weighted by atomic mass is 10.1. The summed E-state index contributed by atoms with van der Waals surface area (Å²) in [7, 11) is 0. The van der Waals surface area contributed by atoms with Gasteiger partial charge in [-0.3, -0.25) is 4.79 Å². The second-order valence-corrected chi connectivity index (χ2v) is 5.45. The number of unbranched alkanes of at least 4 members (excludes halogenated alkanes) is 1. The van der Waals surface area contributed by atoms with Crippen LogP contribution >= 0.6 is 27.5 Å². The molecule has 0 heterocycles. The maximum atomic E-state index is 12.0. The smallest absolute Gasteiger partial charge is 0.326 e. The number of rotatable bonds is 6. The molecule has 0 radical (unpaired) electrons. The van der Waals surface area contributed by atoms with Crippen LogP contribution in [0, 0.1) is 0 Å². The van der Waals surface area contributed by atoms with Crippen molar-refractivity contribution in [3.05, 3.63) is 33.3 Å². The van der Waals surface area contributed by atoms with Crippen molar-refractivity contribution in [2.45, 2.75) is 32.2 Å². The van der Waals surface area contributed by atoms with Crippen molar-refractivity contribution >= 4 is 39.4 Å². The third kappa shape index (κ3) is 4.84. The quantitative estimate of drug-likeness (QED) is 0.827. The normalized spacial score (nSPS) is 11.9. The SMILES string of the molecule is CCCCC(NC(=O)c1ccc(Br)cc1Cl)C(=O)O. The zero-order valence-electron chi connectivity index (χ0n) is 10.5. The van der Waals surface area contributed by atoms with E-state index in [0.29, 0.717) is 6.42 Å². The summed E-state index contributed by atoms with van der Waals surface area (Å²) in [5.74, 6) is -1.50. The molecule has 19 heavy (non-hydrogen) atoms. The van der Waals surface area contributed by atoms with Gasteiger partial charge in [0, 0.05) is 4.47 Å². The highest BCUT2D eigenvalue weighted by molar-refractivity contribution is 9.10. The second kappa shape index (κ2) is 7.50. The van der Waals surface area contributed by atoms with Crippen LogP contribution in [0.15, 0.2) is 22.7 Å². The first-order valence-electron chi connectivity index (χ1n) is 5.94. The molecule has 1 aromatic carbocycles. The van der Waals surface area contributed by atoms with E-state index in [9.17, 15) is 9.59 Å². The highest BCUT2D eigenvalue weighted by Crippen LogP contribution is 2.21. The largest absolute Gasteiger partial charge is 0.480 e. The number of hydrogen-bond acceptors (Lipinski definition) is 2. The van der Waals surface area contributed by atoms with Gasteiger partial charge in [-0.2, -0.15) is 0 Å². The molecule has 0 fully saturated rings. The molecule has 0 aliphatic heterocycles. The molecule has 1 unspecified atom stereocenters. The average Bonchev–Trinajstić information content (AvgIpc) is 2.33. The Bertz CT molecular complexity index is 479. The van der Waals surface area contributed by atoms with Crippen LogP contribution in [0.2, 0.25) is 5.02 Å². The van der Waals surface area contributed by atoms with Crippen molar-refractivity contribution < 1.29 is 14.7 Å². The summed E-state index contributed by atoms with van der Waals surface area (Å²) in [6.45, 7) is 1.96. The molecule has 0 spiro atoms. The van der Waals surface area contributed by atoms with Gasteiger partial charge in [-0.25, -0.2) is 4.79 Å². The Kier molecular flexibility index (Phi) is 6.31. The van der Waals surface area contributed by atoms with Crippen molar-refractivity contribution in [2.75, 3.05) is 0 Å². The first-order chi connectivity index (χ1) is 8.95. The summed E-state index contributed by atoms with van der Waals surface area (Å²) in [4.78, 5) is 23.0. The number of nitrogens with one attached hydrogen (secondary N) is 1. The topological polar surface area (TPSA) is 66.4 Å². The summed E-state index contributed by atoms with van der Waals surface area (Å²) >= 11 is 9.20. The Labute approximate surface area is 125 Å². The Morgan fingerprint density at radius 3 is 2.68 bits per heavy atom. The number of aliphatic carboxylic acids is 1.